The first-order valence-electron chi connectivity index (χ1n) is 4.85. The van der Waals surface area contributed by atoms with Crippen LogP contribution in [0.1, 0.15) is 19.4 Å². The molecule has 0 unspecified atom stereocenters. The lowest BCUT2D eigenvalue weighted by atomic mass is 10.2. The molecule has 1 aromatic rings. The van der Waals surface area contributed by atoms with E-state index < -0.39 is 0 Å². The van der Waals surface area contributed by atoms with Crippen molar-refractivity contribution in [1.82, 2.24) is 4.98 Å². The number of pyridine rings is 1. The van der Waals surface area contributed by atoms with Gasteiger partial charge in [-0.15, -0.1) is 11.6 Å². The fourth-order valence-corrected chi connectivity index (χ4v) is 1.75. The largest absolute Gasteiger partial charge is 0.374 e. The second-order valence-corrected chi connectivity index (χ2v) is 4.18. The van der Waals surface area contributed by atoms with E-state index in [4.69, 9.17) is 11.6 Å². The minimum Gasteiger partial charge on any atom is -0.374 e. The molecule has 1 heterocycles. The maximum atomic E-state index is 5.85. The van der Waals surface area contributed by atoms with Gasteiger partial charge in [-0.1, -0.05) is 13.8 Å². The average molecular weight is 213 g/mol. The van der Waals surface area contributed by atoms with E-state index >= 15 is 0 Å². The molecule has 0 amide bonds. The minimum atomic E-state index is 0.519. The first-order valence-corrected chi connectivity index (χ1v) is 5.38. The van der Waals surface area contributed by atoms with Crippen LogP contribution in [0.2, 0.25) is 0 Å². The Morgan fingerprint density at radius 3 is 2.79 bits per heavy atom. The van der Waals surface area contributed by atoms with E-state index in [9.17, 15) is 0 Å². The minimum absolute atomic E-state index is 0.519. The molecular weight excluding hydrogens is 196 g/mol. The van der Waals surface area contributed by atoms with Gasteiger partial charge in [-0.05, 0) is 12.0 Å². The Morgan fingerprint density at radius 2 is 2.21 bits per heavy atom. The summed E-state index contributed by atoms with van der Waals surface area (Å²) in [5.41, 5.74) is 2.28. The van der Waals surface area contributed by atoms with Gasteiger partial charge in [0.05, 0.1) is 5.88 Å². The van der Waals surface area contributed by atoms with Crippen LogP contribution in [0.15, 0.2) is 18.5 Å². The molecule has 1 aromatic heterocycles. The van der Waals surface area contributed by atoms with E-state index in [0.717, 1.165) is 12.1 Å². The molecule has 3 heteroatoms. The third-order valence-corrected chi connectivity index (χ3v) is 2.36. The van der Waals surface area contributed by atoms with Crippen molar-refractivity contribution in [3.8, 4) is 0 Å². The second-order valence-electron chi connectivity index (χ2n) is 3.91. The number of hydrogen-bond donors (Lipinski definition) is 0. The number of rotatable bonds is 4. The quantitative estimate of drug-likeness (QED) is 0.714. The predicted molar refractivity (Wildman–Crippen MR) is 61.9 cm³/mol. The third kappa shape index (κ3) is 2.88. The number of alkyl halides is 1. The summed E-state index contributed by atoms with van der Waals surface area (Å²) in [6.07, 6.45) is 3.64. The molecule has 78 valence electrons. The number of nitrogens with zero attached hydrogens (tertiary/aromatic N) is 2. The van der Waals surface area contributed by atoms with Gasteiger partial charge in [0.1, 0.15) is 0 Å². The second kappa shape index (κ2) is 5.20. The Morgan fingerprint density at radius 1 is 1.50 bits per heavy atom. The average Bonchev–Trinajstić information content (AvgIpc) is 2.16. The SMILES string of the molecule is CC(C)CN(C)c1ccncc1CCl. The van der Waals surface area contributed by atoms with Crippen molar-refractivity contribution in [1.29, 1.82) is 0 Å². The summed E-state index contributed by atoms with van der Waals surface area (Å²) < 4.78 is 0. The monoisotopic (exact) mass is 212 g/mol. The molecule has 0 N–H and O–H groups in total. The zero-order chi connectivity index (χ0) is 10.6. The maximum Gasteiger partial charge on any atom is 0.0509 e. The summed E-state index contributed by atoms with van der Waals surface area (Å²) in [5.74, 6) is 1.17. The van der Waals surface area contributed by atoms with E-state index in [1.807, 2.05) is 18.5 Å². The van der Waals surface area contributed by atoms with Crippen LogP contribution in [-0.4, -0.2) is 18.6 Å². The highest BCUT2D eigenvalue weighted by molar-refractivity contribution is 6.17. The van der Waals surface area contributed by atoms with Crippen LogP contribution >= 0.6 is 11.6 Å². The molecule has 0 radical (unpaired) electrons. The molecule has 0 saturated heterocycles. The van der Waals surface area contributed by atoms with Crippen LogP contribution in [0.3, 0.4) is 0 Å². The summed E-state index contributed by atoms with van der Waals surface area (Å²) in [4.78, 5) is 6.29. The lowest BCUT2D eigenvalue weighted by Gasteiger charge is -2.23. The Hall–Kier alpha value is -0.760. The molecule has 0 aromatic carbocycles. The van der Waals surface area contributed by atoms with Gasteiger partial charge in [-0.25, -0.2) is 0 Å². The lowest BCUT2D eigenvalue weighted by molar-refractivity contribution is 0.637. The van der Waals surface area contributed by atoms with Crippen molar-refractivity contribution in [3.63, 3.8) is 0 Å². The normalized spacial score (nSPS) is 10.6. The number of aromatic nitrogens is 1. The molecule has 0 aliphatic heterocycles. The molecular formula is C11H17ClN2. The van der Waals surface area contributed by atoms with Crippen LogP contribution < -0.4 is 4.90 Å². The number of hydrogen-bond acceptors (Lipinski definition) is 2. The molecule has 0 atom stereocenters. The standard InChI is InChI=1S/C11H17ClN2/c1-9(2)8-14(3)11-4-5-13-7-10(11)6-12/h4-5,7,9H,6,8H2,1-3H3. The Kier molecular flexibility index (Phi) is 4.21. The van der Waals surface area contributed by atoms with Crippen LogP contribution in [0.4, 0.5) is 5.69 Å². The molecule has 0 fully saturated rings. The van der Waals surface area contributed by atoms with Crippen molar-refractivity contribution >= 4 is 17.3 Å². The predicted octanol–water partition coefficient (Wildman–Crippen LogP) is 2.91. The fourth-order valence-electron chi connectivity index (χ4n) is 1.54. The first-order chi connectivity index (χ1) is 6.65. The van der Waals surface area contributed by atoms with Gasteiger partial charge in [-0.2, -0.15) is 0 Å². The topological polar surface area (TPSA) is 16.1 Å². The molecule has 0 aliphatic rings. The van der Waals surface area contributed by atoms with E-state index in [-0.39, 0.29) is 0 Å². The zero-order valence-corrected chi connectivity index (χ0v) is 9.75. The number of anilines is 1. The van der Waals surface area contributed by atoms with Crippen molar-refractivity contribution in [3.05, 3.63) is 24.0 Å². The molecule has 14 heavy (non-hydrogen) atoms. The molecule has 0 aliphatic carbocycles. The van der Waals surface area contributed by atoms with Crippen molar-refractivity contribution < 1.29 is 0 Å². The molecule has 0 bridgehead atoms. The Bertz CT molecular complexity index is 286. The maximum absolute atomic E-state index is 5.85. The van der Waals surface area contributed by atoms with Crippen molar-refractivity contribution in [2.24, 2.45) is 5.92 Å². The third-order valence-electron chi connectivity index (χ3n) is 2.07. The van der Waals surface area contributed by atoms with Gasteiger partial charge < -0.3 is 4.90 Å². The lowest BCUT2D eigenvalue weighted by Crippen LogP contribution is -2.23. The molecule has 2 nitrogen and oxygen atoms in total. The van der Waals surface area contributed by atoms with Crippen LogP contribution in [-0.2, 0) is 5.88 Å². The highest BCUT2D eigenvalue weighted by Gasteiger charge is 2.07. The van der Waals surface area contributed by atoms with Gasteiger partial charge in [0, 0.05) is 37.2 Å². The van der Waals surface area contributed by atoms with E-state index in [1.165, 1.54) is 5.69 Å². The van der Waals surface area contributed by atoms with Crippen LogP contribution in [0.25, 0.3) is 0 Å². The van der Waals surface area contributed by atoms with Crippen LogP contribution in [0.5, 0.6) is 0 Å². The Labute approximate surface area is 90.9 Å². The summed E-state index contributed by atoms with van der Waals surface area (Å²) in [5, 5.41) is 0. The highest BCUT2D eigenvalue weighted by atomic mass is 35.5. The van der Waals surface area contributed by atoms with Gasteiger partial charge in [0.25, 0.3) is 0 Å². The van der Waals surface area contributed by atoms with Gasteiger partial charge in [0.2, 0.25) is 0 Å². The first kappa shape index (κ1) is 11.3. The molecule has 1 rings (SSSR count). The Balaban J connectivity index is 2.82. The summed E-state index contributed by atoms with van der Waals surface area (Å²) in [7, 11) is 2.09. The van der Waals surface area contributed by atoms with E-state index in [0.29, 0.717) is 11.8 Å². The molecule has 0 saturated carbocycles. The summed E-state index contributed by atoms with van der Waals surface area (Å²) in [6.45, 7) is 5.45. The highest BCUT2D eigenvalue weighted by Crippen LogP contribution is 2.20. The zero-order valence-electron chi connectivity index (χ0n) is 9.00. The van der Waals surface area contributed by atoms with Gasteiger partial charge in [-0.3, -0.25) is 4.98 Å². The van der Waals surface area contributed by atoms with Gasteiger partial charge in [0.15, 0.2) is 0 Å². The van der Waals surface area contributed by atoms with Gasteiger partial charge >= 0.3 is 0 Å². The molecule has 0 spiro atoms. The van der Waals surface area contributed by atoms with Crippen molar-refractivity contribution in [2.75, 3.05) is 18.5 Å². The van der Waals surface area contributed by atoms with Crippen molar-refractivity contribution in [2.45, 2.75) is 19.7 Å². The number of halogens is 1. The van der Waals surface area contributed by atoms with E-state index in [1.54, 1.807) is 0 Å². The fraction of sp³-hybridized carbons (Fsp3) is 0.545. The summed E-state index contributed by atoms with van der Waals surface area (Å²) in [6, 6.07) is 2.01. The van der Waals surface area contributed by atoms with Crippen LogP contribution in [0, 0.1) is 5.92 Å². The smallest absolute Gasteiger partial charge is 0.0509 e. The summed E-state index contributed by atoms with van der Waals surface area (Å²) >= 11 is 5.85. The van der Waals surface area contributed by atoms with E-state index in [2.05, 4.69) is 30.8 Å².